The second-order valence-electron chi connectivity index (χ2n) is 5.13. The van der Waals surface area contributed by atoms with Gasteiger partial charge < -0.3 is 4.90 Å². The minimum atomic E-state index is -0.690. The normalized spacial score (nSPS) is 10.8. The molecule has 5 nitrogen and oxygen atoms in total. The van der Waals surface area contributed by atoms with Crippen LogP contribution in [0.3, 0.4) is 0 Å². The van der Waals surface area contributed by atoms with Crippen LogP contribution >= 0.6 is 0 Å². The average Bonchev–Trinajstić information content (AvgIpc) is 2.59. The molecule has 0 aromatic heterocycles. The van der Waals surface area contributed by atoms with Crippen molar-refractivity contribution < 1.29 is 14.1 Å². The van der Waals surface area contributed by atoms with Crippen LogP contribution in [-0.2, 0) is 11.3 Å². The highest BCUT2D eigenvalue weighted by atomic mass is 19.1. The molecule has 0 fully saturated rings. The average molecular weight is 328 g/mol. The van der Waals surface area contributed by atoms with E-state index in [0.717, 1.165) is 17.7 Å². The molecule has 124 valence electrons. The Bertz CT molecular complexity index is 760. The number of halogens is 1. The molecule has 0 unspecified atom stereocenters. The highest BCUT2D eigenvalue weighted by molar-refractivity contribution is 5.92. The van der Waals surface area contributed by atoms with Crippen LogP contribution in [0, 0.1) is 15.9 Å². The van der Waals surface area contributed by atoms with Crippen molar-refractivity contribution in [3.05, 3.63) is 81.7 Å². The van der Waals surface area contributed by atoms with Crippen molar-refractivity contribution in [1.82, 2.24) is 4.90 Å². The summed E-state index contributed by atoms with van der Waals surface area (Å²) in [5, 5.41) is 11.0. The first-order valence-corrected chi connectivity index (χ1v) is 7.46. The number of likely N-dealkylation sites (N-methyl/N-ethyl adjacent to an activating group) is 1. The van der Waals surface area contributed by atoms with E-state index in [9.17, 15) is 19.3 Å². The number of benzene rings is 2. The first kappa shape index (κ1) is 17.3. The molecule has 0 aliphatic carbocycles. The highest BCUT2D eigenvalue weighted by Gasteiger charge is 2.14. The third kappa shape index (κ3) is 4.49. The summed E-state index contributed by atoms with van der Waals surface area (Å²) in [6.07, 6.45) is 2.61. The molecule has 1 amide bonds. The third-order valence-corrected chi connectivity index (χ3v) is 3.50. The summed E-state index contributed by atoms with van der Waals surface area (Å²) >= 11 is 0. The zero-order valence-corrected chi connectivity index (χ0v) is 13.2. The van der Waals surface area contributed by atoms with Crippen molar-refractivity contribution in [2.75, 3.05) is 6.54 Å². The van der Waals surface area contributed by atoms with E-state index in [4.69, 9.17) is 0 Å². The van der Waals surface area contributed by atoms with Gasteiger partial charge in [0.15, 0.2) is 0 Å². The van der Waals surface area contributed by atoms with E-state index >= 15 is 0 Å². The van der Waals surface area contributed by atoms with Crippen LogP contribution in [0.1, 0.15) is 18.1 Å². The first-order valence-electron chi connectivity index (χ1n) is 7.46. The summed E-state index contributed by atoms with van der Waals surface area (Å²) in [7, 11) is 0. The SMILES string of the molecule is CCN(Cc1ccccc1)C(=O)C=Cc1ccc(F)cc1[N+](=O)[O-]. The van der Waals surface area contributed by atoms with Crippen molar-refractivity contribution >= 4 is 17.7 Å². The number of nitrogens with zero attached hydrogens (tertiary/aromatic N) is 2. The van der Waals surface area contributed by atoms with Crippen molar-refractivity contribution in [2.45, 2.75) is 13.5 Å². The van der Waals surface area contributed by atoms with Gasteiger partial charge in [-0.2, -0.15) is 0 Å². The molecule has 0 radical (unpaired) electrons. The monoisotopic (exact) mass is 328 g/mol. The third-order valence-electron chi connectivity index (χ3n) is 3.50. The van der Waals surface area contributed by atoms with E-state index in [-0.39, 0.29) is 17.2 Å². The molecule has 2 rings (SSSR count). The van der Waals surface area contributed by atoms with Crippen LogP contribution in [0.5, 0.6) is 0 Å². The minimum Gasteiger partial charge on any atom is -0.335 e. The quantitative estimate of drug-likeness (QED) is 0.460. The lowest BCUT2D eigenvalue weighted by Gasteiger charge is -2.19. The summed E-state index contributed by atoms with van der Waals surface area (Å²) < 4.78 is 13.1. The van der Waals surface area contributed by atoms with E-state index in [1.807, 2.05) is 37.3 Å². The van der Waals surface area contributed by atoms with Crippen molar-refractivity contribution in [3.63, 3.8) is 0 Å². The smallest absolute Gasteiger partial charge is 0.279 e. The summed E-state index contributed by atoms with van der Waals surface area (Å²) in [5.41, 5.74) is 0.810. The number of nitro benzene ring substituents is 1. The van der Waals surface area contributed by atoms with Gasteiger partial charge in [0, 0.05) is 19.2 Å². The number of carbonyl (C=O) groups excluding carboxylic acids is 1. The zero-order chi connectivity index (χ0) is 17.5. The van der Waals surface area contributed by atoms with Gasteiger partial charge in [-0.15, -0.1) is 0 Å². The number of nitro groups is 1. The number of hydrogen-bond donors (Lipinski definition) is 0. The molecule has 0 heterocycles. The summed E-state index contributed by atoms with van der Waals surface area (Å²) in [6.45, 7) is 2.81. The van der Waals surface area contributed by atoms with Crippen LogP contribution in [0.2, 0.25) is 0 Å². The van der Waals surface area contributed by atoms with Gasteiger partial charge >= 0.3 is 0 Å². The molecule has 0 bridgehead atoms. The van der Waals surface area contributed by atoms with E-state index in [1.165, 1.54) is 18.2 Å². The van der Waals surface area contributed by atoms with Gasteiger partial charge in [-0.1, -0.05) is 30.3 Å². The molecule has 2 aromatic carbocycles. The molecule has 0 N–H and O–H groups in total. The largest absolute Gasteiger partial charge is 0.335 e. The number of carbonyl (C=O) groups is 1. The van der Waals surface area contributed by atoms with Gasteiger partial charge in [-0.05, 0) is 30.7 Å². The molecular weight excluding hydrogens is 311 g/mol. The second-order valence-corrected chi connectivity index (χ2v) is 5.13. The van der Waals surface area contributed by atoms with Crippen molar-refractivity contribution in [1.29, 1.82) is 0 Å². The Kier molecular flexibility index (Phi) is 5.78. The van der Waals surface area contributed by atoms with Gasteiger partial charge in [0.05, 0.1) is 16.6 Å². The Labute approximate surface area is 139 Å². The standard InChI is InChI=1S/C18H17FN2O3/c1-2-20(13-14-6-4-3-5-7-14)18(22)11-9-15-8-10-16(19)12-17(15)21(23)24/h3-12H,2,13H2,1H3. The fourth-order valence-corrected chi connectivity index (χ4v) is 2.23. The Morgan fingerprint density at radius 2 is 1.96 bits per heavy atom. The predicted molar refractivity (Wildman–Crippen MR) is 89.6 cm³/mol. The second kappa shape index (κ2) is 8.01. The zero-order valence-electron chi connectivity index (χ0n) is 13.2. The molecule has 6 heteroatoms. The first-order chi connectivity index (χ1) is 11.5. The highest BCUT2D eigenvalue weighted by Crippen LogP contribution is 2.21. The van der Waals surface area contributed by atoms with Crippen molar-refractivity contribution in [2.24, 2.45) is 0 Å². The minimum absolute atomic E-state index is 0.186. The fourth-order valence-electron chi connectivity index (χ4n) is 2.23. The Morgan fingerprint density at radius 3 is 2.58 bits per heavy atom. The van der Waals surface area contributed by atoms with Gasteiger partial charge in [0.1, 0.15) is 5.82 Å². The topological polar surface area (TPSA) is 63.5 Å². The maximum Gasteiger partial charge on any atom is 0.279 e. The van der Waals surface area contributed by atoms with Crippen LogP contribution in [0.4, 0.5) is 10.1 Å². The van der Waals surface area contributed by atoms with Crippen LogP contribution in [-0.4, -0.2) is 22.3 Å². The Morgan fingerprint density at radius 1 is 1.25 bits per heavy atom. The van der Waals surface area contributed by atoms with Crippen molar-refractivity contribution in [3.8, 4) is 0 Å². The number of amides is 1. The predicted octanol–water partition coefficient (Wildman–Crippen LogP) is 3.80. The molecule has 2 aromatic rings. The van der Waals surface area contributed by atoms with Crippen LogP contribution in [0.25, 0.3) is 6.08 Å². The van der Waals surface area contributed by atoms with Gasteiger partial charge in [0.25, 0.3) is 5.69 Å². The molecule has 0 aliphatic rings. The van der Waals surface area contributed by atoms with Gasteiger partial charge in [0.2, 0.25) is 5.91 Å². The lowest BCUT2D eigenvalue weighted by Crippen LogP contribution is -2.28. The summed E-state index contributed by atoms with van der Waals surface area (Å²) in [6, 6.07) is 12.8. The maximum absolute atomic E-state index is 13.1. The number of rotatable bonds is 6. The summed E-state index contributed by atoms with van der Waals surface area (Å²) in [4.78, 5) is 24.2. The molecule has 24 heavy (non-hydrogen) atoms. The van der Waals surface area contributed by atoms with Crippen LogP contribution < -0.4 is 0 Å². The molecule has 0 saturated carbocycles. The van der Waals surface area contributed by atoms with Crippen LogP contribution in [0.15, 0.2) is 54.6 Å². The molecular formula is C18H17FN2O3. The Balaban J connectivity index is 2.15. The summed E-state index contributed by atoms with van der Waals surface area (Å²) in [5.74, 6) is -0.954. The lowest BCUT2D eigenvalue weighted by atomic mass is 10.1. The molecule has 0 spiro atoms. The van der Waals surface area contributed by atoms with Gasteiger partial charge in [-0.3, -0.25) is 14.9 Å². The molecule has 0 aliphatic heterocycles. The van der Waals surface area contributed by atoms with E-state index in [0.29, 0.717) is 13.1 Å². The maximum atomic E-state index is 13.1. The lowest BCUT2D eigenvalue weighted by molar-refractivity contribution is -0.385. The van der Waals surface area contributed by atoms with E-state index < -0.39 is 10.7 Å². The number of hydrogen-bond acceptors (Lipinski definition) is 3. The van der Waals surface area contributed by atoms with E-state index in [2.05, 4.69) is 0 Å². The molecule has 0 saturated heterocycles. The van der Waals surface area contributed by atoms with Gasteiger partial charge in [-0.25, -0.2) is 4.39 Å². The fraction of sp³-hybridized carbons (Fsp3) is 0.167. The molecule has 0 atom stereocenters. The Hall–Kier alpha value is -3.02. The van der Waals surface area contributed by atoms with E-state index in [1.54, 1.807) is 4.90 Å².